The van der Waals surface area contributed by atoms with Gasteiger partial charge in [-0.1, -0.05) is 25.1 Å². The highest BCUT2D eigenvalue weighted by atomic mass is 16.5. The fourth-order valence-corrected chi connectivity index (χ4v) is 2.02. The number of aliphatic hydroxyl groups is 1. The molecule has 3 heteroatoms. The Balaban J connectivity index is 2.52. The lowest BCUT2D eigenvalue weighted by Gasteiger charge is -2.22. The smallest absolute Gasteiger partial charge is 0.145 e. The Bertz CT molecular complexity index is 515. The van der Waals surface area contributed by atoms with Crippen LogP contribution in [-0.2, 0) is 10.3 Å². The predicted octanol–water partition coefficient (Wildman–Crippen LogP) is 2.99. The molecule has 0 spiro atoms. The molecule has 2 aromatic rings. The SMILES string of the molecule is CCC(O)(COC)c1cc2cccc(C)c2o1. The number of methoxy groups -OCH3 is 1. The summed E-state index contributed by atoms with van der Waals surface area (Å²) in [5, 5.41) is 11.5. The van der Waals surface area contributed by atoms with Crippen LogP contribution in [0.1, 0.15) is 24.7 Å². The van der Waals surface area contributed by atoms with Gasteiger partial charge < -0.3 is 14.3 Å². The molecule has 1 aromatic heterocycles. The van der Waals surface area contributed by atoms with Crippen LogP contribution in [0.15, 0.2) is 28.7 Å². The van der Waals surface area contributed by atoms with Crippen LogP contribution in [-0.4, -0.2) is 18.8 Å². The summed E-state index contributed by atoms with van der Waals surface area (Å²) in [5.41, 5.74) is 0.871. The van der Waals surface area contributed by atoms with Crippen molar-refractivity contribution in [2.75, 3.05) is 13.7 Å². The van der Waals surface area contributed by atoms with Gasteiger partial charge in [0, 0.05) is 12.5 Å². The quantitative estimate of drug-likeness (QED) is 0.884. The van der Waals surface area contributed by atoms with Gasteiger partial charge in [-0.3, -0.25) is 0 Å². The number of rotatable bonds is 4. The van der Waals surface area contributed by atoms with Gasteiger partial charge in [0.15, 0.2) is 0 Å². The van der Waals surface area contributed by atoms with E-state index in [-0.39, 0.29) is 6.61 Å². The molecule has 1 atom stereocenters. The lowest BCUT2D eigenvalue weighted by atomic mass is 9.98. The van der Waals surface area contributed by atoms with Gasteiger partial charge in [-0.2, -0.15) is 0 Å². The average Bonchev–Trinajstić information content (AvgIpc) is 2.75. The summed E-state index contributed by atoms with van der Waals surface area (Å²) >= 11 is 0. The highest BCUT2D eigenvalue weighted by molar-refractivity contribution is 5.81. The van der Waals surface area contributed by atoms with Crippen molar-refractivity contribution in [1.82, 2.24) is 0 Å². The summed E-state index contributed by atoms with van der Waals surface area (Å²) in [5.74, 6) is 0.575. The van der Waals surface area contributed by atoms with E-state index >= 15 is 0 Å². The summed E-state index contributed by atoms with van der Waals surface area (Å²) in [6.45, 7) is 4.15. The van der Waals surface area contributed by atoms with Crippen LogP contribution < -0.4 is 0 Å². The molecule has 1 N–H and O–H groups in total. The van der Waals surface area contributed by atoms with Crippen molar-refractivity contribution < 1.29 is 14.3 Å². The third kappa shape index (κ3) is 2.08. The van der Waals surface area contributed by atoms with Gasteiger partial charge >= 0.3 is 0 Å². The second-order valence-corrected chi connectivity index (χ2v) is 4.42. The number of fused-ring (bicyclic) bond motifs is 1. The van der Waals surface area contributed by atoms with Crippen LogP contribution in [0.5, 0.6) is 0 Å². The predicted molar refractivity (Wildman–Crippen MR) is 67.0 cm³/mol. The maximum atomic E-state index is 10.5. The maximum absolute atomic E-state index is 10.5. The molecule has 0 fully saturated rings. The van der Waals surface area contributed by atoms with Gasteiger partial charge in [0.2, 0.25) is 0 Å². The van der Waals surface area contributed by atoms with E-state index in [0.29, 0.717) is 12.2 Å². The molecule has 0 bridgehead atoms. The number of furan rings is 1. The molecule has 0 aliphatic heterocycles. The monoisotopic (exact) mass is 234 g/mol. The Hall–Kier alpha value is -1.32. The summed E-state index contributed by atoms with van der Waals surface area (Å²) in [6.07, 6.45) is 0.555. The molecule has 0 saturated carbocycles. The minimum absolute atomic E-state index is 0.238. The normalized spacial score (nSPS) is 15.1. The van der Waals surface area contributed by atoms with Crippen molar-refractivity contribution >= 4 is 11.0 Å². The molecule has 0 aliphatic rings. The molecule has 2 rings (SSSR count). The average molecular weight is 234 g/mol. The summed E-state index contributed by atoms with van der Waals surface area (Å²) in [4.78, 5) is 0. The van der Waals surface area contributed by atoms with Crippen LogP contribution >= 0.6 is 0 Å². The molecule has 17 heavy (non-hydrogen) atoms. The van der Waals surface area contributed by atoms with E-state index in [9.17, 15) is 5.11 Å². The largest absolute Gasteiger partial charge is 0.458 e. The van der Waals surface area contributed by atoms with E-state index in [0.717, 1.165) is 16.5 Å². The molecule has 3 nitrogen and oxygen atoms in total. The fraction of sp³-hybridized carbons (Fsp3) is 0.429. The summed E-state index contributed by atoms with van der Waals surface area (Å²) in [6, 6.07) is 7.86. The number of ether oxygens (including phenoxy) is 1. The van der Waals surface area contributed by atoms with E-state index in [2.05, 4.69) is 0 Å². The minimum Gasteiger partial charge on any atom is -0.458 e. The third-order valence-corrected chi connectivity index (χ3v) is 3.17. The molecular formula is C14H18O3. The lowest BCUT2D eigenvalue weighted by Crippen LogP contribution is -2.29. The first-order valence-electron chi connectivity index (χ1n) is 5.81. The van der Waals surface area contributed by atoms with Crippen LogP contribution in [0.4, 0.5) is 0 Å². The highest BCUT2D eigenvalue weighted by Gasteiger charge is 2.31. The number of aryl methyl sites for hydroxylation is 1. The second-order valence-electron chi connectivity index (χ2n) is 4.42. The topological polar surface area (TPSA) is 42.6 Å². The minimum atomic E-state index is -1.04. The van der Waals surface area contributed by atoms with E-state index in [4.69, 9.17) is 9.15 Å². The van der Waals surface area contributed by atoms with Crippen molar-refractivity contribution in [1.29, 1.82) is 0 Å². The molecule has 92 valence electrons. The van der Waals surface area contributed by atoms with Gasteiger partial charge in [0.1, 0.15) is 16.9 Å². The zero-order chi connectivity index (χ0) is 12.5. The molecule has 0 saturated heterocycles. The van der Waals surface area contributed by atoms with Crippen molar-refractivity contribution in [3.05, 3.63) is 35.6 Å². The number of hydrogen-bond acceptors (Lipinski definition) is 3. The van der Waals surface area contributed by atoms with Crippen molar-refractivity contribution in [2.45, 2.75) is 25.9 Å². The molecule has 0 radical (unpaired) electrons. The van der Waals surface area contributed by atoms with Gasteiger partial charge in [-0.05, 0) is 25.0 Å². The third-order valence-electron chi connectivity index (χ3n) is 3.17. The first kappa shape index (κ1) is 12.1. The number of hydrogen-bond donors (Lipinski definition) is 1. The molecular weight excluding hydrogens is 216 g/mol. The molecule has 0 aliphatic carbocycles. The Morgan fingerprint density at radius 1 is 1.41 bits per heavy atom. The molecule has 1 aromatic carbocycles. The van der Waals surface area contributed by atoms with Crippen LogP contribution in [0.3, 0.4) is 0 Å². The van der Waals surface area contributed by atoms with Crippen LogP contribution in [0.25, 0.3) is 11.0 Å². The number of para-hydroxylation sites is 1. The van der Waals surface area contributed by atoms with E-state index in [1.54, 1.807) is 7.11 Å². The van der Waals surface area contributed by atoms with Gasteiger partial charge in [0.25, 0.3) is 0 Å². The van der Waals surface area contributed by atoms with E-state index in [1.807, 2.05) is 38.1 Å². The first-order valence-corrected chi connectivity index (χ1v) is 5.81. The molecule has 1 unspecified atom stereocenters. The highest BCUT2D eigenvalue weighted by Crippen LogP contribution is 2.32. The molecule has 0 amide bonds. The van der Waals surface area contributed by atoms with E-state index < -0.39 is 5.60 Å². The van der Waals surface area contributed by atoms with Crippen LogP contribution in [0.2, 0.25) is 0 Å². The lowest BCUT2D eigenvalue weighted by molar-refractivity contribution is -0.0525. The Morgan fingerprint density at radius 2 is 2.18 bits per heavy atom. The first-order chi connectivity index (χ1) is 8.10. The van der Waals surface area contributed by atoms with Gasteiger partial charge in [0.05, 0.1) is 6.61 Å². The fourth-order valence-electron chi connectivity index (χ4n) is 2.02. The summed E-state index contributed by atoms with van der Waals surface area (Å²) in [7, 11) is 1.58. The Labute approximate surface area is 101 Å². The van der Waals surface area contributed by atoms with Crippen molar-refractivity contribution in [3.8, 4) is 0 Å². The maximum Gasteiger partial charge on any atom is 0.145 e. The van der Waals surface area contributed by atoms with Gasteiger partial charge in [-0.25, -0.2) is 0 Å². The molecule has 1 heterocycles. The van der Waals surface area contributed by atoms with Crippen molar-refractivity contribution in [2.24, 2.45) is 0 Å². The summed E-state index contributed by atoms with van der Waals surface area (Å²) < 4.78 is 10.8. The zero-order valence-corrected chi connectivity index (χ0v) is 10.5. The second kappa shape index (κ2) is 4.51. The van der Waals surface area contributed by atoms with E-state index in [1.165, 1.54) is 0 Å². The number of benzene rings is 1. The Morgan fingerprint density at radius 3 is 2.76 bits per heavy atom. The van der Waals surface area contributed by atoms with Crippen LogP contribution in [0, 0.1) is 6.92 Å². The standard InChI is InChI=1S/C14H18O3/c1-4-14(15,9-16-3)12-8-11-7-5-6-10(2)13(11)17-12/h5-8,15H,4,9H2,1-3H3. The van der Waals surface area contributed by atoms with Crippen molar-refractivity contribution in [3.63, 3.8) is 0 Å². The van der Waals surface area contributed by atoms with Gasteiger partial charge in [-0.15, -0.1) is 0 Å². The zero-order valence-electron chi connectivity index (χ0n) is 10.5. The Kier molecular flexibility index (Phi) is 3.22.